The molecule has 7 heteroatoms. The van der Waals surface area contributed by atoms with Gasteiger partial charge in [0.25, 0.3) is 0 Å². The predicted octanol–water partition coefficient (Wildman–Crippen LogP) is 1.38. The first kappa shape index (κ1) is 17.6. The minimum absolute atomic E-state index is 0.00255. The van der Waals surface area contributed by atoms with Gasteiger partial charge in [-0.25, -0.2) is 4.98 Å². The molecule has 0 aliphatic rings. The fraction of sp³-hybridized carbons (Fsp3) is 0.643. The standard InChI is InChI=1S/C14H24N4O2S/c1-5-18(11(4)19)14-17-12(9-21-14)8-15-6-7-16-13(20)10(2)3/h9-10,15H,5-8H2,1-4H3,(H,16,20). The van der Waals surface area contributed by atoms with Crippen LogP contribution in [0, 0.1) is 5.92 Å². The Morgan fingerprint density at radius 1 is 1.38 bits per heavy atom. The highest BCUT2D eigenvalue weighted by Crippen LogP contribution is 2.20. The number of hydrogen-bond donors (Lipinski definition) is 2. The number of carbonyl (C=O) groups is 2. The molecule has 1 rings (SSSR count). The zero-order chi connectivity index (χ0) is 15.8. The molecule has 6 nitrogen and oxygen atoms in total. The Kier molecular flexibility index (Phi) is 7.31. The molecule has 0 aliphatic carbocycles. The summed E-state index contributed by atoms with van der Waals surface area (Å²) in [6, 6.07) is 0. The molecular formula is C14H24N4O2S. The van der Waals surface area contributed by atoms with Crippen LogP contribution < -0.4 is 15.5 Å². The molecule has 2 amide bonds. The number of aromatic nitrogens is 1. The van der Waals surface area contributed by atoms with Gasteiger partial charge in [0.05, 0.1) is 5.69 Å². The van der Waals surface area contributed by atoms with Crippen LogP contribution in [0.4, 0.5) is 5.13 Å². The highest BCUT2D eigenvalue weighted by Gasteiger charge is 2.13. The van der Waals surface area contributed by atoms with Crippen molar-refractivity contribution < 1.29 is 9.59 Å². The third-order valence-electron chi connectivity index (χ3n) is 2.90. The smallest absolute Gasteiger partial charge is 0.225 e. The highest BCUT2D eigenvalue weighted by molar-refractivity contribution is 7.14. The fourth-order valence-electron chi connectivity index (χ4n) is 1.69. The molecule has 0 saturated heterocycles. The quantitative estimate of drug-likeness (QED) is 0.711. The SMILES string of the molecule is CCN(C(C)=O)c1nc(CNCCNC(=O)C(C)C)cs1. The van der Waals surface area contributed by atoms with E-state index in [1.54, 1.807) is 11.8 Å². The van der Waals surface area contributed by atoms with E-state index in [0.29, 0.717) is 26.2 Å². The Morgan fingerprint density at radius 3 is 2.67 bits per heavy atom. The number of amides is 2. The highest BCUT2D eigenvalue weighted by atomic mass is 32.1. The second kappa shape index (κ2) is 8.74. The van der Waals surface area contributed by atoms with E-state index in [1.807, 2.05) is 26.2 Å². The number of thiazole rings is 1. The lowest BCUT2D eigenvalue weighted by molar-refractivity contribution is -0.124. The van der Waals surface area contributed by atoms with Gasteiger partial charge in [0.15, 0.2) is 5.13 Å². The number of nitrogens with one attached hydrogen (secondary N) is 2. The Labute approximate surface area is 129 Å². The minimum atomic E-state index is 0.00255. The fourth-order valence-corrected chi connectivity index (χ4v) is 2.62. The van der Waals surface area contributed by atoms with Crippen LogP contribution in [-0.4, -0.2) is 36.4 Å². The van der Waals surface area contributed by atoms with Crippen molar-refractivity contribution in [3.63, 3.8) is 0 Å². The van der Waals surface area contributed by atoms with Crippen molar-refractivity contribution in [2.75, 3.05) is 24.5 Å². The Morgan fingerprint density at radius 2 is 2.10 bits per heavy atom. The molecule has 2 N–H and O–H groups in total. The number of hydrogen-bond acceptors (Lipinski definition) is 5. The van der Waals surface area contributed by atoms with E-state index >= 15 is 0 Å². The summed E-state index contributed by atoms with van der Waals surface area (Å²) in [5.41, 5.74) is 0.907. The number of rotatable bonds is 8. The first-order valence-electron chi connectivity index (χ1n) is 7.16. The minimum Gasteiger partial charge on any atom is -0.355 e. The third-order valence-corrected chi connectivity index (χ3v) is 3.81. The summed E-state index contributed by atoms with van der Waals surface area (Å²) in [4.78, 5) is 28.9. The largest absolute Gasteiger partial charge is 0.355 e. The predicted molar refractivity (Wildman–Crippen MR) is 85.4 cm³/mol. The van der Waals surface area contributed by atoms with E-state index in [1.165, 1.54) is 11.3 Å². The van der Waals surface area contributed by atoms with Crippen LogP contribution in [0.5, 0.6) is 0 Å². The van der Waals surface area contributed by atoms with Crippen molar-refractivity contribution in [1.82, 2.24) is 15.6 Å². The molecule has 21 heavy (non-hydrogen) atoms. The van der Waals surface area contributed by atoms with Gasteiger partial charge in [0.1, 0.15) is 0 Å². The van der Waals surface area contributed by atoms with Crippen molar-refractivity contribution in [2.45, 2.75) is 34.2 Å². The van der Waals surface area contributed by atoms with Crippen LogP contribution >= 0.6 is 11.3 Å². The lowest BCUT2D eigenvalue weighted by Crippen LogP contribution is -2.34. The van der Waals surface area contributed by atoms with E-state index in [2.05, 4.69) is 15.6 Å². The summed E-state index contributed by atoms with van der Waals surface area (Å²) >= 11 is 1.47. The van der Waals surface area contributed by atoms with Gasteiger partial charge in [-0.1, -0.05) is 13.8 Å². The molecule has 0 atom stereocenters. The topological polar surface area (TPSA) is 74.3 Å². The van der Waals surface area contributed by atoms with Gasteiger partial charge in [-0.3, -0.25) is 14.5 Å². The third kappa shape index (κ3) is 5.81. The number of anilines is 1. The van der Waals surface area contributed by atoms with E-state index in [4.69, 9.17) is 0 Å². The summed E-state index contributed by atoms with van der Waals surface area (Å²) < 4.78 is 0. The lowest BCUT2D eigenvalue weighted by Gasteiger charge is -2.14. The van der Waals surface area contributed by atoms with Crippen LogP contribution in [0.3, 0.4) is 0 Å². The Balaban J connectivity index is 2.32. The van der Waals surface area contributed by atoms with Gasteiger partial charge < -0.3 is 10.6 Å². The monoisotopic (exact) mass is 312 g/mol. The second-order valence-corrected chi connectivity index (χ2v) is 5.84. The molecule has 0 fully saturated rings. The van der Waals surface area contributed by atoms with Gasteiger partial charge in [0, 0.05) is 44.4 Å². The molecule has 1 aromatic rings. The van der Waals surface area contributed by atoms with Gasteiger partial charge in [0.2, 0.25) is 11.8 Å². The van der Waals surface area contributed by atoms with Crippen molar-refractivity contribution in [3.8, 4) is 0 Å². The van der Waals surface area contributed by atoms with Gasteiger partial charge in [-0.15, -0.1) is 11.3 Å². The Bertz CT molecular complexity index is 473. The molecule has 0 aliphatic heterocycles. The van der Waals surface area contributed by atoms with E-state index < -0.39 is 0 Å². The van der Waals surface area contributed by atoms with Crippen LogP contribution in [0.1, 0.15) is 33.4 Å². The molecule has 0 aromatic carbocycles. The van der Waals surface area contributed by atoms with Crippen molar-refractivity contribution >= 4 is 28.3 Å². The van der Waals surface area contributed by atoms with E-state index in [0.717, 1.165) is 10.8 Å². The maximum absolute atomic E-state index is 11.4. The van der Waals surface area contributed by atoms with Crippen molar-refractivity contribution in [3.05, 3.63) is 11.1 Å². The summed E-state index contributed by atoms with van der Waals surface area (Å²) in [5, 5.41) is 8.74. The van der Waals surface area contributed by atoms with Crippen LogP contribution in [-0.2, 0) is 16.1 Å². The van der Waals surface area contributed by atoms with Gasteiger partial charge in [-0.2, -0.15) is 0 Å². The zero-order valence-corrected chi connectivity index (χ0v) is 13.9. The summed E-state index contributed by atoms with van der Waals surface area (Å²) in [6.07, 6.45) is 0. The normalized spacial score (nSPS) is 10.7. The molecule has 1 aromatic heterocycles. The molecule has 0 radical (unpaired) electrons. The maximum Gasteiger partial charge on any atom is 0.225 e. The van der Waals surface area contributed by atoms with Crippen LogP contribution in [0.2, 0.25) is 0 Å². The van der Waals surface area contributed by atoms with Crippen LogP contribution in [0.25, 0.3) is 0 Å². The van der Waals surface area contributed by atoms with Crippen molar-refractivity contribution in [2.24, 2.45) is 5.92 Å². The zero-order valence-electron chi connectivity index (χ0n) is 13.1. The number of nitrogens with zero attached hydrogens (tertiary/aromatic N) is 2. The second-order valence-electron chi connectivity index (χ2n) is 5.01. The van der Waals surface area contributed by atoms with Gasteiger partial charge in [-0.05, 0) is 6.92 Å². The summed E-state index contributed by atoms with van der Waals surface area (Å²) in [7, 11) is 0. The molecule has 0 spiro atoms. The average molecular weight is 312 g/mol. The average Bonchev–Trinajstić information content (AvgIpc) is 2.87. The first-order valence-corrected chi connectivity index (χ1v) is 8.04. The van der Waals surface area contributed by atoms with E-state index in [-0.39, 0.29) is 17.7 Å². The maximum atomic E-state index is 11.4. The summed E-state index contributed by atoms with van der Waals surface area (Å²) in [6.45, 7) is 9.75. The van der Waals surface area contributed by atoms with E-state index in [9.17, 15) is 9.59 Å². The molecule has 0 saturated carbocycles. The molecule has 118 valence electrons. The van der Waals surface area contributed by atoms with Gasteiger partial charge >= 0.3 is 0 Å². The number of carbonyl (C=O) groups excluding carboxylic acids is 2. The first-order chi connectivity index (χ1) is 9.95. The molecular weight excluding hydrogens is 288 g/mol. The van der Waals surface area contributed by atoms with Crippen LogP contribution in [0.15, 0.2) is 5.38 Å². The van der Waals surface area contributed by atoms with Crippen molar-refractivity contribution in [1.29, 1.82) is 0 Å². The molecule has 0 unspecified atom stereocenters. The molecule has 1 heterocycles. The molecule has 0 bridgehead atoms. The summed E-state index contributed by atoms with van der Waals surface area (Å²) in [5.74, 6) is 0.0771. The Hall–Kier alpha value is -1.47. The lowest BCUT2D eigenvalue weighted by atomic mass is 10.2.